The Hall–Kier alpha value is -2.43. The third-order valence-electron chi connectivity index (χ3n) is 4.21. The molecular weight excluding hydrogens is 462 g/mol. The van der Waals surface area contributed by atoms with Crippen molar-refractivity contribution in [3.05, 3.63) is 64.5 Å². The Morgan fingerprint density at radius 2 is 1.94 bits per heavy atom. The van der Waals surface area contributed by atoms with E-state index in [0.29, 0.717) is 9.90 Å². The van der Waals surface area contributed by atoms with E-state index >= 15 is 0 Å². The third kappa shape index (κ3) is 5.63. The molecule has 1 aromatic heterocycles. The quantitative estimate of drug-likeness (QED) is 0.296. The zero-order chi connectivity index (χ0) is 22.6. The second-order valence-electron chi connectivity index (χ2n) is 6.65. The van der Waals surface area contributed by atoms with E-state index in [2.05, 4.69) is 4.72 Å². The molecule has 2 aromatic carbocycles. The van der Waals surface area contributed by atoms with Crippen molar-refractivity contribution in [2.45, 2.75) is 17.2 Å². The van der Waals surface area contributed by atoms with Gasteiger partial charge in [-0.05, 0) is 28.8 Å². The molecule has 3 N–H and O–H groups in total. The molecule has 2 unspecified atom stereocenters. The summed E-state index contributed by atoms with van der Waals surface area (Å²) in [6.45, 7) is 1.87. The summed E-state index contributed by atoms with van der Waals surface area (Å²) in [6.07, 6.45) is -0.492. The number of rotatable bonds is 8. The number of halogens is 1. The van der Waals surface area contributed by atoms with E-state index in [1.165, 1.54) is 25.3 Å². The number of hydrogen-bond donors (Lipinski definition) is 3. The molecule has 0 saturated heterocycles. The number of benzene rings is 2. The fraction of sp³-hybridized carbons (Fsp3) is 0.190. The predicted octanol–water partition coefficient (Wildman–Crippen LogP) is 5.32. The van der Waals surface area contributed by atoms with Crippen molar-refractivity contribution in [2.75, 3.05) is 18.4 Å². The standard InChI is InChI=1S/C21H20ClNO6S2/c1-13(12-28-2)29-21(25)16-9-8-15(10-18(16)24)23-31(26,27)19-11-17(20(22)30-19)14-6-4-3-5-7-14/h3-11,13H,12H2,1-2H3,(H2-,23,24,25,26,27)/p+1. The molecule has 0 aliphatic heterocycles. The number of aromatic hydroxyl groups is 1. The lowest BCUT2D eigenvalue weighted by atomic mass is 10.1. The second-order valence-corrected chi connectivity index (χ2v) is 10.3. The van der Waals surface area contributed by atoms with Gasteiger partial charge in [0.25, 0.3) is 4.21 Å². The zero-order valence-corrected chi connectivity index (χ0v) is 19.1. The van der Waals surface area contributed by atoms with Crippen LogP contribution in [0.5, 0.6) is 5.75 Å². The number of esters is 1. The highest BCUT2D eigenvalue weighted by Crippen LogP contribution is 2.40. The molecule has 0 radical (unpaired) electrons. The minimum absolute atomic E-state index is 0.0662. The summed E-state index contributed by atoms with van der Waals surface area (Å²) < 4.78 is 36.5. The molecule has 3 rings (SSSR count). The SMILES string of the molecule is COCC(C)OC(=O)c1ccc(N[S+](=O)(O)c2cc(-c3ccccc3)c(Cl)s2)cc1O. The van der Waals surface area contributed by atoms with Crippen molar-refractivity contribution < 1.29 is 28.1 Å². The number of carbonyl (C=O) groups is 1. The predicted molar refractivity (Wildman–Crippen MR) is 122 cm³/mol. The average Bonchev–Trinajstić information content (AvgIpc) is 3.11. The lowest BCUT2D eigenvalue weighted by Crippen LogP contribution is -2.20. The average molecular weight is 483 g/mol. The van der Waals surface area contributed by atoms with Crippen LogP contribution in [0.1, 0.15) is 17.3 Å². The number of hydrogen-bond acceptors (Lipinski definition) is 6. The van der Waals surface area contributed by atoms with Gasteiger partial charge in [0.15, 0.2) is 0 Å². The van der Waals surface area contributed by atoms with Crippen molar-refractivity contribution in [3.8, 4) is 16.9 Å². The number of methoxy groups -OCH3 is 1. The van der Waals surface area contributed by atoms with E-state index < -0.39 is 22.5 Å². The lowest BCUT2D eigenvalue weighted by molar-refractivity contribution is 0.0118. The number of ether oxygens (including phenoxy) is 2. The van der Waals surface area contributed by atoms with Crippen LogP contribution in [-0.2, 0) is 24.1 Å². The van der Waals surface area contributed by atoms with Crippen molar-refractivity contribution in [2.24, 2.45) is 0 Å². The van der Waals surface area contributed by atoms with Crippen LogP contribution < -0.4 is 4.72 Å². The molecule has 0 spiro atoms. The maximum atomic E-state index is 12.9. The van der Waals surface area contributed by atoms with Crippen LogP contribution in [0.25, 0.3) is 11.1 Å². The number of phenolic OH excluding ortho intramolecular Hbond substituents is 1. The number of carbonyl (C=O) groups excluding carboxylic acids is 1. The van der Waals surface area contributed by atoms with Gasteiger partial charge in [0.2, 0.25) is 0 Å². The van der Waals surface area contributed by atoms with Gasteiger partial charge in [-0.3, -0.25) is 0 Å². The smallest absolute Gasteiger partial charge is 0.356 e. The Morgan fingerprint density at radius 1 is 1.23 bits per heavy atom. The maximum Gasteiger partial charge on any atom is 0.356 e. The first-order chi connectivity index (χ1) is 14.7. The van der Waals surface area contributed by atoms with Gasteiger partial charge in [-0.25, -0.2) is 4.79 Å². The van der Waals surface area contributed by atoms with Gasteiger partial charge in [0.1, 0.15) is 21.8 Å². The summed E-state index contributed by atoms with van der Waals surface area (Å²) in [5.74, 6) is -1.11. The first-order valence-electron chi connectivity index (χ1n) is 9.13. The van der Waals surface area contributed by atoms with E-state index in [9.17, 15) is 18.7 Å². The van der Waals surface area contributed by atoms with Gasteiger partial charge in [-0.2, -0.15) is 9.27 Å². The number of nitrogens with one attached hydrogen (secondary N) is 1. The van der Waals surface area contributed by atoms with Gasteiger partial charge in [0.05, 0.1) is 12.3 Å². The number of phenols is 1. The number of thiophene rings is 1. The van der Waals surface area contributed by atoms with Gasteiger partial charge in [0, 0.05) is 24.8 Å². The van der Waals surface area contributed by atoms with Crippen molar-refractivity contribution in [3.63, 3.8) is 0 Å². The highest BCUT2D eigenvalue weighted by molar-refractivity contribution is 8.00. The summed E-state index contributed by atoms with van der Waals surface area (Å²) >= 11 is 7.28. The Bertz CT molecular complexity index is 1120. The van der Waals surface area contributed by atoms with Crippen LogP contribution in [0.4, 0.5) is 5.69 Å². The molecule has 0 bridgehead atoms. The van der Waals surface area contributed by atoms with E-state index in [4.69, 9.17) is 21.1 Å². The third-order valence-corrected chi connectivity index (χ3v) is 7.46. The minimum Gasteiger partial charge on any atom is -0.507 e. The summed E-state index contributed by atoms with van der Waals surface area (Å²) in [7, 11) is -2.22. The molecule has 0 amide bonds. The first kappa shape index (κ1) is 23.2. The molecule has 3 aromatic rings. The Kier molecular flexibility index (Phi) is 7.34. The Labute approximate surface area is 190 Å². The summed E-state index contributed by atoms with van der Waals surface area (Å²) in [4.78, 5) is 12.2. The zero-order valence-electron chi connectivity index (χ0n) is 16.7. The van der Waals surface area contributed by atoms with Gasteiger partial charge >= 0.3 is 16.4 Å². The second kappa shape index (κ2) is 9.80. The highest BCUT2D eigenvalue weighted by Gasteiger charge is 2.34. The summed E-state index contributed by atoms with van der Waals surface area (Å²) in [5, 5.41) is 10.2. The lowest BCUT2D eigenvalue weighted by Gasteiger charge is -2.13. The number of anilines is 1. The summed E-state index contributed by atoms with van der Waals surface area (Å²) in [5.41, 5.74) is 1.56. The molecule has 0 aliphatic carbocycles. The molecule has 0 fully saturated rings. The van der Waals surface area contributed by atoms with Gasteiger partial charge in [-0.15, -0.1) is 0 Å². The first-order valence-corrected chi connectivity index (χ1v) is 11.8. The van der Waals surface area contributed by atoms with E-state index in [1.807, 2.05) is 30.3 Å². The van der Waals surface area contributed by atoms with Crippen LogP contribution in [0.3, 0.4) is 0 Å². The van der Waals surface area contributed by atoms with Gasteiger partial charge < -0.3 is 14.6 Å². The maximum absolute atomic E-state index is 12.9. The largest absolute Gasteiger partial charge is 0.507 e. The van der Waals surface area contributed by atoms with Gasteiger partial charge in [-0.1, -0.05) is 53.3 Å². The highest BCUT2D eigenvalue weighted by atomic mass is 35.5. The van der Waals surface area contributed by atoms with Crippen LogP contribution in [0.15, 0.2) is 58.8 Å². The molecule has 0 saturated carbocycles. The van der Waals surface area contributed by atoms with Crippen molar-refractivity contribution >= 4 is 45.0 Å². The van der Waals surface area contributed by atoms with E-state index in [0.717, 1.165) is 16.9 Å². The fourth-order valence-electron chi connectivity index (χ4n) is 2.79. The van der Waals surface area contributed by atoms with E-state index in [-0.39, 0.29) is 27.8 Å². The molecule has 31 heavy (non-hydrogen) atoms. The molecule has 0 aliphatic rings. The van der Waals surface area contributed by atoms with Crippen molar-refractivity contribution in [1.29, 1.82) is 0 Å². The Balaban J connectivity index is 1.78. The molecular formula is C21H21ClNO6S2+. The molecule has 1 heterocycles. The topological polar surface area (TPSA) is 105 Å². The Morgan fingerprint density at radius 3 is 2.58 bits per heavy atom. The monoisotopic (exact) mass is 482 g/mol. The molecule has 10 heteroatoms. The van der Waals surface area contributed by atoms with Crippen LogP contribution in [-0.4, -0.2) is 35.4 Å². The molecule has 2 atom stereocenters. The molecule has 7 nitrogen and oxygen atoms in total. The van der Waals surface area contributed by atoms with Crippen LogP contribution >= 0.6 is 22.9 Å². The fourth-order valence-corrected chi connectivity index (χ4v) is 5.63. The van der Waals surface area contributed by atoms with Crippen molar-refractivity contribution in [1.82, 2.24) is 0 Å². The summed E-state index contributed by atoms with van der Waals surface area (Å²) in [6, 6.07) is 14.7. The van der Waals surface area contributed by atoms with Crippen LogP contribution in [0.2, 0.25) is 4.34 Å². The minimum atomic E-state index is -3.71. The van der Waals surface area contributed by atoms with Crippen LogP contribution in [0, 0.1) is 0 Å². The molecule has 164 valence electrons. The normalized spacial score (nSPS) is 13.9. The van der Waals surface area contributed by atoms with E-state index in [1.54, 1.807) is 13.0 Å².